The number of ether oxygens (including phenoxy) is 1. The van der Waals surface area contributed by atoms with Crippen molar-refractivity contribution in [2.24, 2.45) is 0 Å². The molecule has 2 aromatic rings. The largest absolute Gasteiger partial charge is 0.494 e. The first-order valence-electron chi connectivity index (χ1n) is 10.7. The van der Waals surface area contributed by atoms with Gasteiger partial charge in [0.1, 0.15) is 11.4 Å². The van der Waals surface area contributed by atoms with Crippen LogP contribution < -0.4 is 4.74 Å². The summed E-state index contributed by atoms with van der Waals surface area (Å²) in [6, 6.07) is 15.5. The Kier molecular flexibility index (Phi) is 5.88. The van der Waals surface area contributed by atoms with Crippen LogP contribution in [0.15, 0.2) is 54.2 Å². The predicted molar refractivity (Wildman–Crippen MR) is 117 cm³/mol. The summed E-state index contributed by atoms with van der Waals surface area (Å²) in [5.74, 6) is 0.353. The zero-order valence-electron chi connectivity index (χ0n) is 17.7. The first-order valence-corrected chi connectivity index (χ1v) is 10.7. The molecule has 2 amide bonds. The van der Waals surface area contributed by atoms with Crippen molar-refractivity contribution in [3.8, 4) is 5.75 Å². The number of aryl methyl sites for hydroxylation is 1. The fourth-order valence-corrected chi connectivity index (χ4v) is 4.14. The number of rotatable bonds is 6. The Balaban J connectivity index is 1.69. The molecule has 2 aliphatic heterocycles. The molecule has 156 valence electrons. The lowest BCUT2D eigenvalue weighted by atomic mass is 10.0. The van der Waals surface area contributed by atoms with E-state index in [4.69, 9.17) is 4.74 Å². The lowest BCUT2D eigenvalue weighted by Crippen LogP contribution is -2.36. The lowest BCUT2D eigenvalue weighted by molar-refractivity contribution is -0.138. The fourth-order valence-electron chi connectivity index (χ4n) is 4.14. The Morgan fingerprint density at radius 1 is 0.867 bits per heavy atom. The van der Waals surface area contributed by atoms with Gasteiger partial charge in [0.15, 0.2) is 0 Å². The molecule has 0 saturated carbocycles. The minimum absolute atomic E-state index is 0.189. The number of likely N-dealkylation sites (tertiary alicyclic amines) is 1. The maximum atomic E-state index is 13.4. The Morgan fingerprint density at radius 2 is 1.53 bits per heavy atom. The standard InChI is InChI=1S/C25H28N2O3/c1-3-30-21-13-11-20(12-14-21)22-23(26-15-5-4-6-16-26)25(29)27(24(22)28)17-19-9-7-18(2)8-10-19/h7-14H,3-6,15-17H2,1-2H3. The summed E-state index contributed by atoms with van der Waals surface area (Å²) < 4.78 is 5.54. The van der Waals surface area contributed by atoms with Gasteiger partial charge < -0.3 is 9.64 Å². The van der Waals surface area contributed by atoms with E-state index in [1.54, 1.807) is 0 Å². The van der Waals surface area contributed by atoms with Gasteiger partial charge in [-0.1, -0.05) is 42.0 Å². The number of benzene rings is 2. The molecule has 0 spiro atoms. The highest BCUT2D eigenvalue weighted by Crippen LogP contribution is 2.34. The number of amides is 2. The van der Waals surface area contributed by atoms with E-state index in [9.17, 15) is 9.59 Å². The monoisotopic (exact) mass is 404 g/mol. The van der Waals surface area contributed by atoms with Gasteiger partial charge in [-0.15, -0.1) is 0 Å². The number of hydrogen-bond acceptors (Lipinski definition) is 4. The van der Waals surface area contributed by atoms with E-state index < -0.39 is 0 Å². The molecule has 0 aliphatic carbocycles. The average molecular weight is 405 g/mol. The predicted octanol–water partition coefficient (Wildman–Crippen LogP) is 4.16. The maximum absolute atomic E-state index is 13.4. The summed E-state index contributed by atoms with van der Waals surface area (Å²) in [5.41, 5.74) is 3.94. The molecule has 0 unspecified atom stereocenters. The van der Waals surface area contributed by atoms with Crippen molar-refractivity contribution in [2.45, 2.75) is 39.7 Å². The van der Waals surface area contributed by atoms with Crippen molar-refractivity contribution < 1.29 is 14.3 Å². The smallest absolute Gasteiger partial charge is 0.278 e. The zero-order valence-corrected chi connectivity index (χ0v) is 17.7. The summed E-state index contributed by atoms with van der Waals surface area (Å²) >= 11 is 0. The first kappa shape index (κ1) is 20.2. The van der Waals surface area contributed by atoms with Crippen molar-refractivity contribution in [3.63, 3.8) is 0 Å². The number of nitrogens with zero attached hydrogens (tertiary/aromatic N) is 2. The molecule has 2 heterocycles. The van der Waals surface area contributed by atoms with Gasteiger partial charge >= 0.3 is 0 Å². The molecule has 0 aromatic heterocycles. The quantitative estimate of drug-likeness (QED) is 0.679. The molecule has 0 N–H and O–H groups in total. The van der Waals surface area contributed by atoms with Crippen LogP contribution in [0.25, 0.3) is 5.57 Å². The van der Waals surface area contributed by atoms with Crippen LogP contribution in [0.1, 0.15) is 42.9 Å². The van der Waals surface area contributed by atoms with Gasteiger partial charge in [0, 0.05) is 13.1 Å². The normalized spacial score (nSPS) is 17.1. The number of hydrogen-bond donors (Lipinski definition) is 0. The number of imide groups is 1. The van der Waals surface area contributed by atoms with Crippen molar-refractivity contribution in [2.75, 3.05) is 19.7 Å². The van der Waals surface area contributed by atoms with Gasteiger partial charge in [0.2, 0.25) is 0 Å². The maximum Gasteiger partial charge on any atom is 0.278 e. The average Bonchev–Trinajstić information content (AvgIpc) is 3.01. The van der Waals surface area contributed by atoms with E-state index in [0.29, 0.717) is 17.9 Å². The molecule has 30 heavy (non-hydrogen) atoms. The highest BCUT2D eigenvalue weighted by Gasteiger charge is 2.41. The molecule has 1 saturated heterocycles. The first-order chi connectivity index (χ1) is 14.6. The molecule has 0 bridgehead atoms. The van der Waals surface area contributed by atoms with E-state index >= 15 is 0 Å². The molecule has 0 radical (unpaired) electrons. The third kappa shape index (κ3) is 3.97. The van der Waals surface area contributed by atoms with Gasteiger partial charge in [0.25, 0.3) is 11.8 Å². The second-order valence-electron chi connectivity index (χ2n) is 7.91. The second kappa shape index (κ2) is 8.74. The van der Waals surface area contributed by atoms with Gasteiger partial charge in [-0.25, -0.2) is 0 Å². The molecule has 1 fully saturated rings. The topological polar surface area (TPSA) is 49.9 Å². The Labute approximate surface area is 177 Å². The Hall–Kier alpha value is -3.08. The van der Waals surface area contributed by atoms with Crippen LogP contribution in [0, 0.1) is 6.92 Å². The molecule has 4 rings (SSSR count). The van der Waals surface area contributed by atoms with Crippen molar-refractivity contribution in [1.29, 1.82) is 0 Å². The van der Waals surface area contributed by atoms with Crippen LogP contribution >= 0.6 is 0 Å². The molecular formula is C25H28N2O3. The lowest BCUT2D eigenvalue weighted by Gasteiger charge is -2.29. The van der Waals surface area contributed by atoms with Crippen molar-refractivity contribution in [1.82, 2.24) is 9.80 Å². The van der Waals surface area contributed by atoms with Crippen LogP contribution in [0.5, 0.6) is 5.75 Å². The fraction of sp³-hybridized carbons (Fsp3) is 0.360. The van der Waals surface area contributed by atoms with E-state index in [0.717, 1.165) is 54.8 Å². The third-order valence-electron chi connectivity index (χ3n) is 5.73. The van der Waals surface area contributed by atoms with Crippen molar-refractivity contribution in [3.05, 3.63) is 70.9 Å². The SMILES string of the molecule is CCOc1ccc(C2=C(N3CCCCC3)C(=O)N(Cc3ccc(C)cc3)C2=O)cc1. The summed E-state index contributed by atoms with van der Waals surface area (Å²) in [7, 11) is 0. The van der Waals surface area contributed by atoms with Crippen LogP contribution in [0.2, 0.25) is 0 Å². The molecule has 2 aromatic carbocycles. The number of carbonyl (C=O) groups is 2. The van der Waals surface area contributed by atoms with Crippen LogP contribution in [-0.4, -0.2) is 41.3 Å². The number of carbonyl (C=O) groups excluding carboxylic acids is 2. The minimum atomic E-state index is -0.217. The summed E-state index contributed by atoms with van der Waals surface area (Å²) in [6.45, 7) is 6.46. The Morgan fingerprint density at radius 3 is 2.17 bits per heavy atom. The van der Waals surface area contributed by atoms with E-state index in [1.807, 2.05) is 62.4 Å². The van der Waals surface area contributed by atoms with Crippen LogP contribution in [0.4, 0.5) is 0 Å². The third-order valence-corrected chi connectivity index (χ3v) is 5.73. The molecule has 5 heteroatoms. The van der Waals surface area contributed by atoms with Crippen LogP contribution in [-0.2, 0) is 16.1 Å². The van der Waals surface area contributed by atoms with Gasteiger partial charge in [0.05, 0.1) is 18.7 Å². The van der Waals surface area contributed by atoms with Gasteiger partial charge in [-0.05, 0) is 56.4 Å². The molecule has 2 aliphatic rings. The van der Waals surface area contributed by atoms with Gasteiger partial charge in [-0.2, -0.15) is 0 Å². The summed E-state index contributed by atoms with van der Waals surface area (Å²) in [4.78, 5) is 30.4. The minimum Gasteiger partial charge on any atom is -0.494 e. The summed E-state index contributed by atoms with van der Waals surface area (Å²) in [5, 5.41) is 0. The molecule has 5 nitrogen and oxygen atoms in total. The van der Waals surface area contributed by atoms with Gasteiger partial charge in [-0.3, -0.25) is 14.5 Å². The Bertz CT molecular complexity index is 955. The van der Waals surface area contributed by atoms with E-state index in [2.05, 4.69) is 4.90 Å². The molecular weight excluding hydrogens is 376 g/mol. The highest BCUT2D eigenvalue weighted by molar-refractivity contribution is 6.35. The number of piperidine rings is 1. The van der Waals surface area contributed by atoms with Crippen molar-refractivity contribution >= 4 is 17.4 Å². The van der Waals surface area contributed by atoms with E-state index in [1.165, 1.54) is 4.90 Å². The van der Waals surface area contributed by atoms with E-state index in [-0.39, 0.29) is 18.4 Å². The summed E-state index contributed by atoms with van der Waals surface area (Å²) in [6.07, 6.45) is 3.25. The highest BCUT2D eigenvalue weighted by atomic mass is 16.5. The van der Waals surface area contributed by atoms with Crippen LogP contribution in [0.3, 0.4) is 0 Å². The second-order valence-corrected chi connectivity index (χ2v) is 7.91. The zero-order chi connectivity index (χ0) is 21.1. The molecule has 0 atom stereocenters.